The van der Waals surface area contributed by atoms with E-state index in [2.05, 4.69) is 19.1 Å². The molecule has 0 bridgehead atoms. The zero-order valence-corrected chi connectivity index (χ0v) is 11.4. The smallest absolute Gasteiger partial charge is 0.289 e. The van der Waals surface area contributed by atoms with Gasteiger partial charge in [0, 0.05) is 6.54 Å². The van der Waals surface area contributed by atoms with Crippen molar-refractivity contribution in [3.8, 4) is 0 Å². The third-order valence-corrected chi connectivity index (χ3v) is 3.62. The van der Waals surface area contributed by atoms with Crippen LogP contribution in [0.15, 0.2) is 47.1 Å². The van der Waals surface area contributed by atoms with E-state index in [1.165, 1.54) is 11.8 Å². The van der Waals surface area contributed by atoms with Crippen molar-refractivity contribution in [2.24, 2.45) is 0 Å². The van der Waals surface area contributed by atoms with Gasteiger partial charge in [0.2, 0.25) is 0 Å². The molecule has 1 atom stereocenters. The highest BCUT2D eigenvalue weighted by Crippen LogP contribution is 2.25. The van der Waals surface area contributed by atoms with Crippen molar-refractivity contribution < 1.29 is 13.9 Å². The summed E-state index contributed by atoms with van der Waals surface area (Å²) in [5, 5.41) is 0. The normalized spacial score (nSPS) is 19.1. The van der Waals surface area contributed by atoms with Crippen LogP contribution in [0.5, 0.6) is 0 Å². The summed E-state index contributed by atoms with van der Waals surface area (Å²) in [4.78, 5) is 14.1. The molecule has 1 unspecified atom stereocenters. The van der Waals surface area contributed by atoms with Gasteiger partial charge in [0.25, 0.3) is 5.91 Å². The number of furan rings is 1. The molecule has 0 aliphatic carbocycles. The third kappa shape index (κ3) is 2.47. The Kier molecular flexibility index (Phi) is 3.56. The Hall–Kier alpha value is -2.07. The first-order chi connectivity index (χ1) is 9.75. The minimum absolute atomic E-state index is 0.0659. The number of amides is 1. The Balaban J connectivity index is 1.77. The maximum absolute atomic E-state index is 12.3. The molecule has 3 rings (SSSR count). The first-order valence-electron chi connectivity index (χ1n) is 6.75. The van der Waals surface area contributed by atoms with Crippen molar-refractivity contribution in [2.45, 2.75) is 13.0 Å². The Morgan fingerprint density at radius 1 is 1.25 bits per heavy atom. The maximum Gasteiger partial charge on any atom is 0.289 e. The Morgan fingerprint density at radius 3 is 2.85 bits per heavy atom. The van der Waals surface area contributed by atoms with E-state index in [1.54, 1.807) is 17.0 Å². The van der Waals surface area contributed by atoms with Crippen LogP contribution in [0.2, 0.25) is 0 Å². The van der Waals surface area contributed by atoms with E-state index >= 15 is 0 Å². The van der Waals surface area contributed by atoms with Gasteiger partial charge in [-0.15, -0.1) is 0 Å². The molecule has 4 heteroatoms. The summed E-state index contributed by atoms with van der Waals surface area (Å²) in [6, 6.07) is 11.5. The predicted molar refractivity (Wildman–Crippen MR) is 74.5 cm³/mol. The van der Waals surface area contributed by atoms with Gasteiger partial charge in [0.05, 0.1) is 19.4 Å². The van der Waals surface area contributed by atoms with E-state index < -0.39 is 0 Å². The van der Waals surface area contributed by atoms with Crippen LogP contribution in [0, 0.1) is 6.92 Å². The minimum Gasteiger partial charge on any atom is -0.459 e. The zero-order chi connectivity index (χ0) is 13.9. The summed E-state index contributed by atoms with van der Waals surface area (Å²) < 4.78 is 11.0. The molecular formula is C16H17NO3. The average Bonchev–Trinajstić information content (AvgIpc) is 3.01. The molecule has 1 aromatic heterocycles. The number of carbonyl (C=O) groups excluding carboxylic acids is 1. The minimum atomic E-state index is -0.0723. The average molecular weight is 271 g/mol. The van der Waals surface area contributed by atoms with Crippen LogP contribution in [0.25, 0.3) is 0 Å². The van der Waals surface area contributed by atoms with Crippen molar-refractivity contribution >= 4 is 5.91 Å². The molecule has 104 valence electrons. The van der Waals surface area contributed by atoms with Crippen LogP contribution in [0.1, 0.15) is 27.8 Å². The molecular weight excluding hydrogens is 254 g/mol. The predicted octanol–water partition coefficient (Wildman–Crippen LogP) is 2.80. The van der Waals surface area contributed by atoms with Gasteiger partial charge < -0.3 is 14.1 Å². The van der Waals surface area contributed by atoms with Gasteiger partial charge >= 0.3 is 0 Å². The van der Waals surface area contributed by atoms with Crippen molar-refractivity contribution in [3.05, 3.63) is 59.5 Å². The summed E-state index contributed by atoms with van der Waals surface area (Å²) in [5.74, 6) is 0.312. The van der Waals surface area contributed by atoms with E-state index in [-0.39, 0.29) is 12.0 Å². The highest BCUT2D eigenvalue weighted by Gasteiger charge is 2.27. The molecule has 1 aliphatic heterocycles. The monoisotopic (exact) mass is 271 g/mol. The van der Waals surface area contributed by atoms with Gasteiger partial charge in [-0.25, -0.2) is 0 Å². The number of hydrogen-bond acceptors (Lipinski definition) is 3. The SMILES string of the molecule is Cc1ccccc1C1CN(C(=O)c2ccco2)CCO1. The van der Waals surface area contributed by atoms with Gasteiger partial charge in [0.1, 0.15) is 6.10 Å². The Bertz CT molecular complexity index is 592. The second-order valence-electron chi connectivity index (χ2n) is 4.94. The van der Waals surface area contributed by atoms with Gasteiger partial charge in [-0.2, -0.15) is 0 Å². The number of nitrogens with zero attached hydrogens (tertiary/aromatic N) is 1. The highest BCUT2D eigenvalue weighted by atomic mass is 16.5. The molecule has 1 aromatic carbocycles. The second-order valence-corrected chi connectivity index (χ2v) is 4.94. The van der Waals surface area contributed by atoms with Crippen LogP contribution in [0.3, 0.4) is 0 Å². The summed E-state index contributed by atoms with van der Waals surface area (Å²) in [6.45, 7) is 3.77. The molecule has 1 aliphatic rings. The van der Waals surface area contributed by atoms with Crippen LogP contribution in [-0.4, -0.2) is 30.5 Å². The van der Waals surface area contributed by atoms with E-state index in [0.29, 0.717) is 25.5 Å². The Labute approximate surface area is 118 Å². The molecule has 4 nitrogen and oxygen atoms in total. The third-order valence-electron chi connectivity index (χ3n) is 3.62. The number of carbonyl (C=O) groups is 1. The molecule has 20 heavy (non-hydrogen) atoms. The fourth-order valence-corrected chi connectivity index (χ4v) is 2.53. The van der Waals surface area contributed by atoms with Crippen molar-refractivity contribution in [2.75, 3.05) is 19.7 Å². The lowest BCUT2D eigenvalue weighted by Gasteiger charge is -2.33. The lowest BCUT2D eigenvalue weighted by atomic mass is 10.0. The summed E-state index contributed by atoms with van der Waals surface area (Å²) >= 11 is 0. The van der Waals surface area contributed by atoms with Crippen molar-refractivity contribution in [1.29, 1.82) is 0 Å². The quantitative estimate of drug-likeness (QED) is 0.843. The first-order valence-corrected chi connectivity index (χ1v) is 6.75. The van der Waals surface area contributed by atoms with Crippen LogP contribution >= 0.6 is 0 Å². The van der Waals surface area contributed by atoms with Crippen molar-refractivity contribution in [1.82, 2.24) is 4.90 Å². The van der Waals surface area contributed by atoms with Gasteiger partial charge in [-0.3, -0.25) is 4.79 Å². The van der Waals surface area contributed by atoms with Gasteiger partial charge in [-0.1, -0.05) is 24.3 Å². The van der Waals surface area contributed by atoms with Gasteiger partial charge in [-0.05, 0) is 30.2 Å². The molecule has 0 spiro atoms. The first kappa shape index (κ1) is 12.9. The number of hydrogen-bond donors (Lipinski definition) is 0. The molecule has 0 saturated carbocycles. The van der Waals surface area contributed by atoms with Crippen LogP contribution in [-0.2, 0) is 4.74 Å². The number of morpholine rings is 1. The van der Waals surface area contributed by atoms with Crippen molar-refractivity contribution in [3.63, 3.8) is 0 Å². The molecule has 0 radical (unpaired) electrons. The summed E-state index contributed by atoms with van der Waals surface area (Å²) in [7, 11) is 0. The summed E-state index contributed by atoms with van der Waals surface area (Å²) in [5.41, 5.74) is 2.33. The molecule has 2 heterocycles. The number of ether oxygens (including phenoxy) is 1. The van der Waals surface area contributed by atoms with Crippen LogP contribution < -0.4 is 0 Å². The van der Waals surface area contributed by atoms with Gasteiger partial charge in [0.15, 0.2) is 5.76 Å². The maximum atomic E-state index is 12.3. The largest absolute Gasteiger partial charge is 0.459 e. The number of benzene rings is 1. The fourth-order valence-electron chi connectivity index (χ4n) is 2.53. The molecule has 2 aromatic rings. The standard InChI is InChI=1S/C16H17NO3/c1-12-5-2-3-6-13(12)15-11-17(8-10-20-15)16(18)14-7-4-9-19-14/h2-7,9,15H,8,10-11H2,1H3. The molecule has 1 saturated heterocycles. The zero-order valence-electron chi connectivity index (χ0n) is 11.4. The Morgan fingerprint density at radius 2 is 2.10 bits per heavy atom. The second kappa shape index (κ2) is 5.51. The van der Waals surface area contributed by atoms with E-state index in [0.717, 1.165) is 5.56 Å². The lowest BCUT2D eigenvalue weighted by Crippen LogP contribution is -2.42. The van der Waals surface area contributed by atoms with E-state index in [9.17, 15) is 4.79 Å². The summed E-state index contributed by atoms with van der Waals surface area (Å²) in [6.07, 6.45) is 1.45. The topological polar surface area (TPSA) is 42.7 Å². The fraction of sp³-hybridized carbons (Fsp3) is 0.312. The molecule has 1 fully saturated rings. The number of aryl methyl sites for hydroxylation is 1. The molecule has 1 amide bonds. The highest BCUT2D eigenvalue weighted by molar-refractivity contribution is 5.91. The van der Waals surface area contributed by atoms with Crippen LogP contribution in [0.4, 0.5) is 0 Å². The number of rotatable bonds is 2. The molecule has 0 N–H and O–H groups in total. The van der Waals surface area contributed by atoms with E-state index in [4.69, 9.17) is 9.15 Å². The lowest BCUT2D eigenvalue weighted by molar-refractivity contribution is -0.0240. The van der Waals surface area contributed by atoms with E-state index in [1.807, 2.05) is 12.1 Å².